The zero-order valence-corrected chi connectivity index (χ0v) is 24.2. The van der Waals surface area contributed by atoms with Crippen LogP contribution in [0.4, 0.5) is 11.4 Å². The third-order valence-corrected chi connectivity index (χ3v) is 8.15. The lowest BCUT2D eigenvalue weighted by atomic mass is 10.2. The maximum absolute atomic E-state index is 2.36. The van der Waals surface area contributed by atoms with Crippen molar-refractivity contribution < 1.29 is 0 Å². The molecule has 0 unspecified atom stereocenters. The van der Waals surface area contributed by atoms with E-state index in [1.54, 1.807) is 0 Å². The van der Waals surface area contributed by atoms with E-state index in [4.69, 9.17) is 0 Å². The summed E-state index contributed by atoms with van der Waals surface area (Å²) < 4.78 is 4.71. The first-order valence-electron chi connectivity index (χ1n) is 14.7. The van der Waals surface area contributed by atoms with E-state index in [-0.39, 0.29) is 0 Å². The molecule has 0 aliphatic carbocycles. The summed E-state index contributed by atoms with van der Waals surface area (Å²) in [6.07, 6.45) is 0. The highest BCUT2D eigenvalue weighted by Gasteiger charge is 2.14. The minimum Gasteiger partial charge on any atom is -0.345 e. The Morgan fingerprint density at radius 2 is 0.619 bits per heavy atom. The second kappa shape index (κ2) is 10.6. The van der Waals surface area contributed by atoms with E-state index < -0.39 is 0 Å². The second-order valence-electron chi connectivity index (χ2n) is 10.3. The molecule has 0 saturated carbocycles. The first-order valence-corrected chi connectivity index (χ1v) is 14.7. The van der Waals surface area contributed by atoms with E-state index in [9.17, 15) is 0 Å². The first kappa shape index (κ1) is 25.7. The summed E-state index contributed by atoms with van der Waals surface area (Å²) in [6.45, 7) is 4.00. The van der Waals surface area contributed by atoms with Gasteiger partial charge in [-0.3, -0.25) is 0 Å². The summed E-state index contributed by atoms with van der Waals surface area (Å²) >= 11 is 0. The van der Waals surface area contributed by atoms with E-state index in [1.165, 1.54) is 43.6 Å². The average Bonchev–Trinajstić information content (AvgIpc) is 3.59. The van der Waals surface area contributed by atoms with Crippen LogP contribution >= 0.6 is 0 Å². The summed E-state index contributed by atoms with van der Waals surface area (Å²) in [5, 5.41) is 5.12. The van der Waals surface area contributed by atoms with Crippen molar-refractivity contribution >= 4 is 55.0 Å². The van der Waals surface area contributed by atoms with Crippen LogP contribution in [0.3, 0.4) is 0 Å². The number of anilines is 2. The quantitative estimate of drug-likeness (QED) is 0.215. The van der Waals surface area contributed by atoms with E-state index in [0.717, 1.165) is 22.7 Å². The van der Waals surface area contributed by atoms with E-state index >= 15 is 0 Å². The molecular formula is C39H33N3. The fraction of sp³-hybridized carbons (Fsp3) is 0.0769. The minimum atomic E-state index is 1.15. The van der Waals surface area contributed by atoms with Gasteiger partial charge in [0, 0.05) is 51.3 Å². The van der Waals surface area contributed by atoms with Crippen molar-refractivity contribution in [3.8, 4) is 11.4 Å². The van der Waals surface area contributed by atoms with Crippen LogP contribution in [0.5, 0.6) is 0 Å². The Hall–Kier alpha value is -5.28. The fourth-order valence-electron chi connectivity index (χ4n) is 6.20. The van der Waals surface area contributed by atoms with Crippen molar-refractivity contribution in [2.75, 3.05) is 11.9 Å². The maximum atomic E-state index is 2.36. The van der Waals surface area contributed by atoms with Crippen molar-refractivity contribution in [2.45, 2.75) is 13.8 Å². The Morgan fingerprint density at radius 1 is 0.357 bits per heavy atom. The van der Waals surface area contributed by atoms with Gasteiger partial charge in [-0.2, -0.15) is 0 Å². The van der Waals surface area contributed by atoms with Crippen LogP contribution in [-0.4, -0.2) is 16.2 Å². The maximum Gasteiger partial charge on any atom is 0.0541 e. The molecule has 0 saturated heterocycles. The lowest BCUT2D eigenvalue weighted by molar-refractivity contribution is 1.15. The smallest absolute Gasteiger partial charge is 0.0541 e. The summed E-state index contributed by atoms with van der Waals surface area (Å²) in [7, 11) is 2.13. The van der Waals surface area contributed by atoms with Crippen molar-refractivity contribution in [1.82, 2.24) is 9.13 Å². The first-order chi connectivity index (χ1) is 20.8. The zero-order chi connectivity index (χ0) is 28.6. The van der Waals surface area contributed by atoms with Gasteiger partial charge in [0.2, 0.25) is 0 Å². The molecule has 204 valence electrons. The van der Waals surface area contributed by atoms with Gasteiger partial charge in [-0.1, -0.05) is 86.6 Å². The number of hydrogen-bond acceptors (Lipinski definition) is 1. The van der Waals surface area contributed by atoms with Gasteiger partial charge in [0.1, 0.15) is 0 Å². The van der Waals surface area contributed by atoms with Crippen LogP contribution in [0.2, 0.25) is 0 Å². The highest BCUT2D eigenvalue weighted by Crippen LogP contribution is 2.35. The largest absolute Gasteiger partial charge is 0.345 e. The molecule has 2 aromatic heterocycles. The third-order valence-electron chi connectivity index (χ3n) is 8.15. The monoisotopic (exact) mass is 543 g/mol. The van der Waals surface area contributed by atoms with E-state index in [2.05, 4.69) is 167 Å². The second-order valence-corrected chi connectivity index (χ2v) is 10.3. The zero-order valence-electron chi connectivity index (χ0n) is 24.2. The molecule has 2 heterocycles. The average molecular weight is 544 g/mol. The lowest BCUT2D eigenvalue weighted by Gasteiger charge is -2.21. The molecular weight excluding hydrogens is 510 g/mol. The standard InChI is InChI=1S/C37H27N3.C2H6/c1-38(26-18-22-28(23-19-26)39-34-14-6-2-10-30(34)31-11-3-7-15-35(31)39)27-20-24-29(25-21-27)40-36-16-8-4-12-32(36)33-13-5-9-17-37(33)40;1-2/h2-25H,1H3;1-2H3. The van der Waals surface area contributed by atoms with Crippen molar-refractivity contribution in [1.29, 1.82) is 0 Å². The predicted octanol–water partition coefficient (Wildman–Crippen LogP) is 10.7. The Balaban J connectivity index is 0.00000141. The molecule has 6 aromatic carbocycles. The number of hydrogen-bond donors (Lipinski definition) is 0. The van der Waals surface area contributed by atoms with Crippen LogP contribution in [0, 0.1) is 0 Å². The van der Waals surface area contributed by atoms with E-state index in [0.29, 0.717) is 0 Å². The Kier molecular flexibility index (Phi) is 6.48. The molecule has 0 aliphatic heterocycles. The van der Waals surface area contributed by atoms with Crippen LogP contribution in [0.25, 0.3) is 55.0 Å². The van der Waals surface area contributed by atoms with Crippen LogP contribution in [-0.2, 0) is 0 Å². The van der Waals surface area contributed by atoms with Gasteiger partial charge in [0.05, 0.1) is 22.1 Å². The third kappa shape index (κ3) is 4.05. The Labute approximate surface area is 246 Å². The highest BCUT2D eigenvalue weighted by molar-refractivity contribution is 6.10. The molecule has 8 rings (SSSR count). The molecule has 0 radical (unpaired) electrons. The molecule has 0 atom stereocenters. The van der Waals surface area contributed by atoms with Crippen LogP contribution < -0.4 is 4.90 Å². The SMILES string of the molecule is CC.CN(c1ccc(-n2c3ccccc3c3ccccc32)cc1)c1ccc(-n2c3ccccc3c3ccccc32)cc1. The summed E-state index contributed by atoms with van der Waals surface area (Å²) in [5.74, 6) is 0. The van der Waals surface area contributed by atoms with Gasteiger partial charge in [-0.15, -0.1) is 0 Å². The minimum absolute atomic E-state index is 1.15. The predicted molar refractivity (Wildman–Crippen MR) is 181 cm³/mol. The lowest BCUT2D eigenvalue weighted by Crippen LogP contribution is -2.09. The molecule has 0 bridgehead atoms. The number of benzene rings is 6. The van der Waals surface area contributed by atoms with Crippen LogP contribution in [0.15, 0.2) is 146 Å². The molecule has 8 aromatic rings. The highest BCUT2D eigenvalue weighted by atomic mass is 15.1. The van der Waals surface area contributed by atoms with Crippen molar-refractivity contribution in [3.63, 3.8) is 0 Å². The molecule has 0 aliphatic rings. The van der Waals surface area contributed by atoms with Gasteiger partial charge >= 0.3 is 0 Å². The molecule has 3 heteroatoms. The van der Waals surface area contributed by atoms with E-state index in [1.807, 2.05) is 13.8 Å². The van der Waals surface area contributed by atoms with Gasteiger partial charge in [-0.05, 0) is 72.8 Å². The van der Waals surface area contributed by atoms with Gasteiger partial charge in [-0.25, -0.2) is 0 Å². The van der Waals surface area contributed by atoms with Gasteiger partial charge < -0.3 is 14.0 Å². The molecule has 0 fully saturated rings. The van der Waals surface area contributed by atoms with Crippen molar-refractivity contribution in [2.24, 2.45) is 0 Å². The fourth-order valence-corrected chi connectivity index (χ4v) is 6.20. The molecule has 42 heavy (non-hydrogen) atoms. The van der Waals surface area contributed by atoms with Gasteiger partial charge in [0.15, 0.2) is 0 Å². The topological polar surface area (TPSA) is 13.1 Å². The Morgan fingerprint density at radius 3 is 0.905 bits per heavy atom. The summed E-state index contributed by atoms with van der Waals surface area (Å²) in [5.41, 5.74) is 9.53. The summed E-state index contributed by atoms with van der Waals surface area (Å²) in [4.78, 5) is 2.24. The van der Waals surface area contributed by atoms with Crippen molar-refractivity contribution in [3.05, 3.63) is 146 Å². The molecule has 3 nitrogen and oxygen atoms in total. The number of aromatic nitrogens is 2. The number of rotatable bonds is 4. The normalized spacial score (nSPS) is 11.2. The number of fused-ring (bicyclic) bond motifs is 6. The number of nitrogens with zero attached hydrogens (tertiary/aromatic N) is 3. The van der Waals surface area contributed by atoms with Crippen LogP contribution in [0.1, 0.15) is 13.8 Å². The number of para-hydroxylation sites is 4. The summed E-state index contributed by atoms with van der Waals surface area (Å²) in [6, 6.07) is 52.3. The molecule has 0 spiro atoms. The van der Waals surface area contributed by atoms with Gasteiger partial charge in [0.25, 0.3) is 0 Å². The molecule has 0 N–H and O–H groups in total. The molecule has 0 amide bonds. The Bertz CT molecular complexity index is 1900.